The van der Waals surface area contributed by atoms with Crippen LogP contribution in [-0.4, -0.2) is 51.4 Å². The van der Waals surface area contributed by atoms with Crippen molar-refractivity contribution in [2.75, 3.05) is 46.5 Å². The second-order valence-corrected chi connectivity index (χ2v) is 6.97. The minimum absolute atomic E-state index is 0.452. The van der Waals surface area contributed by atoms with Crippen molar-refractivity contribution in [3.8, 4) is 11.5 Å². The highest BCUT2D eigenvalue weighted by atomic mass is 35.5. The lowest BCUT2D eigenvalue weighted by molar-refractivity contribution is 0.0384. The number of nitrogens with one attached hydrogen (secondary N) is 1. The fourth-order valence-electron chi connectivity index (χ4n) is 3.02. The van der Waals surface area contributed by atoms with E-state index in [0.29, 0.717) is 11.6 Å². The molecule has 0 unspecified atom stereocenters. The van der Waals surface area contributed by atoms with Gasteiger partial charge < -0.3 is 19.5 Å². The first-order valence-corrected chi connectivity index (χ1v) is 9.67. The quantitative estimate of drug-likeness (QED) is 0.665. The number of ether oxygens (including phenoxy) is 3. The molecule has 5 nitrogen and oxygen atoms in total. The van der Waals surface area contributed by atoms with Gasteiger partial charge in [0.25, 0.3) is 0 Å². The van der Waals surface area contributed by atoms with Crippen molar-refractivity contribution in [3.05, 3.63) is 58.6 Å². The van der Waals surface area contributed by atoms with Crippen molar-refractivity contribution in [3.63, 3.8) is 0 Å². The highest BCUT2D eigenvalue weighted by molar-refractivity contribution is 6.30. The molecule has 0 atom stereocenters. The normalized spacial score (nSPS) is 14.9. The molecule has 6 heteroatoms. The van der Waals surface area contributed by atoms with Gasteiger partial charge in [0.05, 0.1) is 20.3 Å². The van der Waals surface area contributed by atoms with Crippen LogP contribution in [0.25, 0.3) is 0 Å². The number of nitrogens with zero attached hydrogens (tertiary/aromatic N) is 1. The van der Waals surface area contributed by atoms with Gasteiger partial charge in [-0.1, -0.05) is 29.8 Å². The van der Waals surface area contributed by atoms with E-state index in [1.54, 1.807) is 7.11 Å². The molecule has 1 N–H and O–H groups in total. The fraction of sp³-hybridized carbons (Fsp3) is 0.429. The van der Waals surface area contributed by atoms with Gasteiger partial charge in [-0.2, -0.15) is 0 Å². The van der Waals surface area contributed by atoms with E-state index in [-0.39, 0.29) is 0 Å². The van der Waals surface area contributed by atoms with Gasteiger partial charge in [0, 0.05) is 37.7 Å². The minimum atomic E-state index is 0.452. The summed E-state index contributed by atoms with van der Waals surface area (Å²) in [5.74, 6) is 1.47. The topological polar surface area (TPSA) is 43.0 Å². The Kier molecular flexibility index (Phi) is 7.78. The average Bonchev–Trinajstić information content (AvgIpc) is 2.71. The summed E-state index contributed by atoms with van der Waals surface area (Å²) in [5, 5.41) is 4.20. The molecule has 1 saturated heterocycles. The lowest BCUT2D eigenvalue weighted by Crippen LogP contribution is -2.40. The van der Waals surface area contributed by atoms with E-state index < -0.39 is 0 Å². The number of hydrogen-bond acceptors (Lipinski definition) is 5. The molecule has 1 fully saturated rings. The van der Waals surface area contributed by atoms with Crippen LogP contribution < -0.4 is 14.8 Å². The second-order valence-electron chi connectivity index (χ2n) is 6.53. The zero-order valence-electron chi connectivity index (χ0n) is 15.7. The Morgan fingerprint density at radius 1 is 1.07 bits per heavy atom. The van der Waals surface area contributed by atoms with Gasteiger partial charge in [0.15, 0.2) is 11.5 Å². The number of morpholine rings is 1. The van der Waals surface area contributed by atoms with Gasteiger partial charge in [-0.05, 0) is 35.4 Å². The summed E-state index contributed by atoms with van der Waals surface area (Å²) in [4.78, 5) is 2.42. The Morgan fingerprint density at radius 2 is 1.93 bits per heavy atom. The van der Waals surface area contributed by atoms with E-state index in [4.69, 9.17) is 25.8 Å². The summed E-state index contributed by atoms with van der Waals surface area (Å²) in [6.07, 6.45) is 0. The Hall–Kier alpha value is -1.79. The molecule has 0 saturated carbocycles. The smallest absolute Gasteiger partial charge is 0.161 e. The largest absolute Gasteiger partial charge is 0.493 e. The Bertz CT molecular complexity index is 720. The highest BCUT2D eigenvalue weighted by Gasteiger charge is 2.10. The zero-order valence-corrected chi connectivity index (χ0v) is 16.5. The highest BCUT2D eigenvalue weighted by Crippen LogP contribution is 2.29. The lowest BCUT2D eigenvalue weighted by Gasteiger charge is -2.26. The van der Waals surface area contributed by atoms with Crippen LogP contribution in [0, 0.1) is 0 Å². The third-order valence-corrected chi connectivity index (χ3v) is 4.78. The fourth-order valence-corrected chi connectivity index (χ4v) is 3.24. The summed E-state index contributed by atoms with van der Waals surface area (Å²) in [6.45, 7) is 6.98. The van der Waals surface area contributed by atoms with Crippen LogP contribution in [0.15, 0.2) is 42.5 Å². The molecule has 3 rings (SSSR count). The van der Waals surface area contributed by atoms with E-state index in [0.717, 1.165) is 63.0 Å². The van der Waals surface area contributed by atoms with Gasteiger partial charge in [0.2, 0.25) is 0 Å². The first-order valence-electron chi connectivity index (χ1n) is 9.29. The van der Waals surface area contributed by atoms with Crippen LogP contribution in [0.5, 0.6) is 11.5 Å². The van der Waals surface area contributed by atoms with Gasteiger partial charge in [-0.25, -0.2) is 0 Å². The number of rotatable bonds is 9. The second kappa shape index (κ2) is 10.5. The van der Waals surface area contributed by atoms with Crippen LogP contribution in [0.1, 0.15) is 11.1 Å². The summed E-state index contributed by atoms with van der Waals surface area (Å²) in [6, 6.07) is 13.7. The molecule has 0 radical (unpaired) electrons. The van der Waals surface area contributed by atoms with Crippen molar-refractivity contribution in [1.82, 2.24) is 10.2 Å². The van der Waals surface area contributed by atoms with Crippen molar-refractivity contribution < 1.29 is 14.2 Å². The molecule has 1 aliphatic heterocycles. The van der Waals surface area contributed by atoms with Crippen LogP contribution in [0.3, 0.4) is 0 Å². The van der Waals surface area contributed by atoms with E-state index >= 15 is 0 Å². The SMILES string of the molecule is COc1cc(CNCCN2CCOCC2)ccc1OCc1cccc(Cl)c1. The zero-order chi connectivity index (χ0) is 18.9. The van der Waals surface area contributed by atoms with Gasteiger partial charge in [-0.15, -0.1) is 0 Å². The third-order valence-electron chi connectivity index (χ3n) is 4.55. The summed E-state index contributed by atoms with van der Waals surface area (Å²) in [5.41, 5.74) is 2.20. The molecule has 2 aromatic rings. The lowest BCUT2D eigenvalue weighted by atomic mass is 10.2. The predicted molar refractivity (Wildman–Crippen MR) is 108 cm³/mol. The molecule has 0 spiro atoms. The number of benzene rings is 2. The van der Waals surface area contributed by atoms with E-state index in [2.05, 4.69) is 16.3 Å². The molecule has 1 heterocycles. The van der Waals surface area contributed by atoms with E-state index in [9.17, 15) is 0 Å². The standard InChI is InChI=1S/C21H27ClN2O3/c1-25-21-14-17(15-23-7-8-24-9-11-26-12-10-24)5-6-20(21)27-16-18-3-2-4-19(22)13-18/h2-6,13-14,23H,7-12,15-16H2,1H3. The van der Waals surface area contributed by atoms with Crippen molar-refractivity contribution >= 4 is 11.6 Å². The van der Waals surface area contributed by atoms with Gasteiger partial charge in [-0.3, -0.25) is 4.90 Å². The van der Waals surface area contributed by atoms with Crippen molar-refractivity contribution in [2.45, 2.75) is 13.2 Å². The summed E-state index contributed by atoms with van der Waals surface area (Å²) >= 11 is 6.02. The molecule has 146 valence electrons. The van der Waals surface area contributed by atoms with Crippen molar-refractivity contribution in [1.29, 1.82) is 0 Å². The molecule has 0 amide bonds. The average molecular weight is 391 g/mol. The number of methoxy groups -OCH3 is 1. The van der Waals surface area contributed by atoms with Gasteiger partial charge >= 0.3 is 0 Å². The van der Waals surface area contributed by atoms with E-state index in [1.165, 1.54) is 5.56 Å². The molecule has 2 aromatic carbocycles. The Labute approximate surface area is 166 Å². The van der Waals surface area contributed by atoms with Crippen LogP contribution >= 0.6 is 11.6 Å². The number of hydrogen-bond donors (Lipinski definition) is 1. The van der Waals surface area contributed by atoms with E-state index in [1.807, 2.05) is 36.4 Å². The molecular formula is C21H27ClN2O3. The first-order chi connectivity index (χ1) is 13.2. The maximum absolute atomic E-state index is 6.02. The van der Waals surface area contributed by atoms with Crippen LogP contribution in [-0.2, 0) is 17.9 Å². The molecule has 0 bridgehead atoms. The Morgan fingerprint density at radius 3 is 2.70 bits per heavy atom. The predicted octanol–water partition coefficient (Wildman–Crippen LogP) is 3.35. The minimum Gasteiger partial charge on any atom is -0.493 e. The van der Waals surface area contributed by atoms with Crippen LogP contribution in [0.2, 0.25) is 5.02 Å². The summed E-state index contributed by atoms with van der Waals surface area (Å²) in [7, 11) is 1.66. The van der Waals surface area contributed by atoms with Crippen molar-refractivity contribution in [2.24, 2.45) is 0 Å². The monoisotopic (exact) mass is 390 g/mol. The molecule has 0 aromatic heterocycles. The first kappa shape index (κ1) is 20.0. The molecule has 27 heavy (non-hydrogen) atoms. The molecule has 0 aliphatic carbocycles. The maximum atomic E-state index is 6.02. The number of halogens is 1. The summed E-state index contributed by atoms with van der Waals surface area (Å²) < 4.78 is 16.8. The maximum Gasteiger partial charge on any atom is 0.161 e. The third kappa shape index (κ3) is 6.40. The Balaban J connectivity index is 1.47. The molecular weight excluding hydrogens is 364 g/mol. The van der Waals surface area contributed by atoms with Gasteiger partial charge in [0.1, 0.15) is 6.61 Å². The van der Waals surface area contributed by atoms with Crippen LogP contribution in [0.4, 0.5) is 0 Å². The molecule has 1 aliphatic rings.